The van der Waals surface area contributed by atoms with Gasteiger partial charge in [0.1, 0.15) is 5.82 Å². The predicted molar refractivity (Wildman–Crippen MR) is 76.4 cm³/mol. The van der Waals surface area contributed by atoms with Gasteiger partial charge < -0.3 is 0 Å². The minimum absolute atomic E-state index is 0.144. The molecule has 4 heteroatoms. The third-order valence-electron chi connectivity index (χ3n) is 3.19. The number of rotatable bonds is 4. The van der Waals surface area contributed by atoms with Crippen molar-refractivity contribution in [2.75, 3.05) is 0 Å². The largest absolute Gasteiger partial charge is 0.271 e. The third kappa shape index (κ3) is 3.32. The lowest BCUT2D eigenvalue weighted by Gasteiger charge is -2.19. The lowest BCUT2D eigenvalue weighted by Crippen LogP contribution is -2.30. The molecule has 1 unspecified atom stereocenters. The molecule has 3 N–H and O–H groups in total. The Balaban J connectivity index is 2.28. The highest BCUT2D eigenvalue weighted by atomic mass is 35.5. The van der Waals surface area contributed by atoms with E-state index in [1.54, 1.807) is 12.1 Å². The lowest BCUT2D eigenvalue weighted by atomic mass is 9.95. The highest BCUT2D eigenvalue weighted by molar-refractivity contribution is 6.30. The number of hydrogen-bond donors (Lipinski definition) is 2. The van der Waals surface area contributed by atoms with Crippen LogP contribution in [0.1, 0.15) is 22.7 Å². The van der Waals surface area contributed by atoms with Gasteiger partial charge in [-0.1, -0.05) is 35.9 Å². The summed E-state index contributed by atoms with van der Waals surface area (Å²) >= 11 is 5.94. The number of halogens is 2. The van der Waals surface area contributed by atoms with E-state index in [4.69, 9.17) is 17.4 Å². The lowest BCUT2D eigenvalue weighted by molar-refractivity contribution is 0.527. The second-order valence-corrected chi connectivity index (χ2v) is 4.95. The summed E-state index contributed by atoms with van der Waals surface area (Å²) in [6.07, 6.45) is 0.492. The normalized spacial score (nSPS) is 12.4. The number of benzene rings is 2. The van der Waals surface area contributed by atoms with E-state index in [1.165, 1.54) is 6.07 Å². The van der Waals surface area contributed by atoms with Gasteiger partial charge >= 0.3 is 0 Å². The van der Waals surface area contributed by atoms with Crippen LogP contribution in [-0.4, -0.2) is 0 Å². The molecule has 0 heterocycles. The van der Waals surface area contributed by atoms with Crippen LogP contribution in [0.15, 0.2) is 42.5 Å². The van der Waals surface area contributed by atoms with E-state index in [1.807, 2.05) is 31.2 Å². The molecule has 0 amide bonds. The first kappa shape index (κ1) is 14.0. The van der Waals surface area contributed by atoms with E-state index in [0.717, 1.165) is 11.1 Å². The Morgan fingerprint density at radius 3 is 2.63 bits per heavy atom. The zero-order valence-corrected chi connectivity index (χ0v) is 11.4. The highest BCUT2D eigenvalue weighted by Gasteiger charge is 2.15. The number of hydrogen-bond acceptors (Lipinski definition) is 2. The number of nitrogens with two attached hydrogens (primary N) is 1. The second kappa shape index (κ2) is 6.15. The molecule has 0 saturated carbocycles. The van der Waals surface area contributed by atoms with Crippen LogP contribution in [0.4, 0.5) is 4.39 Å². The average Bonchev–Trinajstić information content (AvgIpc) is 2.39. The van der Waals surface area contributed by atoms with E-state index in [2.05, 4.69) is 5.43 Å². The molecule has 2 nitrogen and oxygen atoms in total. The van der Waals surface area contributed by atoms with Crippen molar-refractivity contribution in [2.45, 2.75) is 19.4 Å². The first-order chi connectivity index (χ1) is 9.11. The Morgan fingerprint density at radius 1 is 1.26 bits per heavy atom. The highest BCUT2D eigenvalue weighted by Crippen LogP contribution is 2.24. The second-order valence-electron chi connectivity index (χ2n) is 4.52. The molecule has 0 aromatic heterocycles. The molecule has 0 spiro atoms. The van der Waals surface area contributed by atoms with E-state index in [-0.39, 0.29) is 11.9 Å². The van der Waals surface area contributed by atoms with Crippen LogP contribution in [0.3, 0.4) is 0 Å². The summed E-state index contributed by atoms with van der Waals surface area (Å²) in [7, 11) is 0. The predicted octanol–water partition coefficient (Wildman–Crippen LogP) is 3.53. The van der Waals surface area contributed by atoms with Gasteiger partial charge in [0.05, 0.1) is 6.04 Å². The average molecular weight is 279 g/mol. The maximum absolute atomic E-state index is 13.7. The number of aryl methyl sites for hydroxylation is 1. The van der Waals surface area contributed by atoms with Gasteiger partial charge in [-0.2, -0.15) is 0 Å². The van der Waals surface area contributed by atoms with Crippen molar-refractivity contribution >= 4 is 11.6 Å². The summed E-state index contributed by atoms with van der Waals surface area (Å²) in [6.45, 7) is 1.97. The molecule has 0 aliphatic heterocycles. The maximum Gasteiger partial charge on any atom is 0.126 e. The van der Waals surface area contributed by atoms with E-state index >= 15 is 0 Å². The monoisotopic (exact) mass is 278 g/mol. The summed E-state index contributed by atoms with van der Waals surface area (Å²) in [5.74, 6) is 5.39. The SMILES string of the molecule is Cc1cc(Cl)ccc1C(Cc1ccccc1F)NN. The summed E-state index contributed by atoms with van der Waals surface area (Å²) < 4.78 is 13.7. The molecule has 1 atom stereocenters. The topological polar surface area (TPSA) is 38.0 Å². The fourth-order valence-corrected chi connectivity index (χ4v) is 2.40. The van der Waals surface area contributed by atoms with Crippen LogP contribution in [0, 0.1) is 12.7 Å². The third-order valence-corrected chi connectivity index (χ3v) is 3.43. The summed E-state index contributed by atoms with van der Waals surface area (Å²) in [5.41, 5.74) is 5.44. The minimum atomic E-state index is -0.214. The van der Waals surface area contributed by atoms with Crippen molar-refractivity contribution in [1.82, 2.24) is 5.43 Å². The molecule has 19 heavy (non-hydrogen) atoms. The quantitative estimate of drug-likeness (QED) is 0.663. The summed E-state index contributed by atoms with van der Waals surface area (Å²) in [4.78, 5) is 0. The first-order valence-electron chi connectivity index (χ1n) is 6.07. The molecule has 2 aromatic carbocycles. The molecule has 0 saturated heterocycles. The number of nitrogens with one attached hydrogen (secondary N) is 1. The van der Waals surface area contributed by atoms with Crippen molar-refractivity contribution in [3.63, 3.8) is 0 Å². The smallest absolute Gasteiger partial charge is 0.126 e. The van der Waals surface area contributed by atoms with Crippen LogP contribution in [-0.2, 0) is 6.42 Å². The molecule has 0 fully saturated rings. The summed E-state index contributed by atoms with van der Waals surface area (Å²) in [5, 5.41) is 0.683. The molecule has 2 aromatic rings. The molecular weight excluding hydrogens is 263 g/mol. The molecule has 2 rings (SSSR count). The summed E-state index contributed by atoms with van der Waals surface area (Å²) in [6, 6.07) is 12.2. The number of hydrazine groups is 1. The van der Waals surface area contributed by atoms with Crippen LogP contribution in [0.2, 0.25) is 5.02 Å². The van der Waals surface area contributed by atoms with Crippen LogP contribution in [0.25, 0.3) is 0 Å². The van der Waals surface area contributed by atoms with E-state index in [9.17, 15) is 4.39 Å². The van der Waals surface area contributed by atoms with Crippen LogP contribution < -0.4 is 11.3 Å². The Bertz CT molecular complexity index is 572. The van der Waals surface area contributed by atoms with Gasteiger partial charge in [0.25, 0.3) is 0 Å². The van der Waals surface area contributed by atoms with Gasteiger partial charge in [-0.3, -0.25) is 11.3 Å². The Morgan fingerprint density at radius 2 is 2.00 bits per heavy atom. The maximum atomic E-state index is 13.7. The van der Waals surface area contributed by atoms with Crippen molar-refractivity contribution < 1.29 is 4.39 Å². The fraction of sp³-hybridized carbons (Fsp3) is 0.200. The first-order valence-corrected chi connectivity index (χ1v) is 6.45. The van der Waals surface area contributed by atoms with Crippen LogP contribution in [0.5, 0.6) is 0 Å². The Kier molecular flexibility index (Phi) is 4.53. The van der Waals surface area contributed by atoms with Gasteiger partial charge in [0, 0.05) is 5.02 Å². The molecule has 0 radical (unpaired) electrons. The zero-order chi connectivity index (χ0) is 13.8. The molecule has 0 aliphatic rings. The van der Waals surface area contributed by atoms with Crippen molar-refractivity contribution in [1.29, 1.82) is 0 Å². The molecular formula is C15H16ClFN2. The van der Waals surface area contributed by atoms with Gasteiger partial charge in [-0.05, 0) is 48.2 Å². The standard InChI is InChI=1S/C15H16ClFN2/c1-10-8-12(16)6-7-13(10)15(19-18)9-11-4-2-3-5-14(11)17/h2-8,15,19H,9,18H2,1H3. The zero-order valence-electron chi connectivity index (χ0n) is 10.7. The van der Waals surface area contributed by atoms with Gasteiger partial charge in [0.15, 0.2) is 0 Å². The van der Waals surface area contributed by atoms with E-state index in [0.29, 0.717) is 17.0 Å². The van der Waals surface area contributed by atoms with Gasteiger partial charge in [-0.25, -0.2) is 4.39 Å². The Labute approximate surface area is 117 Å². The molecule has 0 aliphatic carbocycles. The van der Waals surface area contributed by atoms with Crippen molar-refractivity contribution in [3.8, 4) is 0 Å². The molecule has 0 bridgehead atoms. The van der Waals surface area contributed by atoms with Gasteiger partial charge in [-0.15, -0.1) is 0 Å². The van der Waals surface area contributed by atoms with Crippen molar-refractivity contribution in [2.24, 2.45) is 5.84 Å². The Hall–Kier alpha value is -1.42. The minimum Gasteiger partial charge on any atom is -0.271 e. The van der Waals surface area contributed by atoms with Gasteiger partial charge in [0.2, 0.25) is 0 Å². The van der Waals surface area contributed by atoms with Crippen molar-refractivity contribution in [3.05, 3.63) is 70.0 Å². The van der Waals surface area contributed by atoms with Crippen LogP contribution >= 0.6 is 11.6 Å². The molecule has 100 valence electrons. The van der Waals surface area contributed by atoms with E-state index < -0.39 is 0 Å². The fourth-order valence-electron chi connectivity index (χ4n) is 2.17.